The van der Waals surface area contributed by atoms with Crippen LogP contribution in [0.25, 0.3) is 10.9 Å². The average molecular weight is 422 g/mol. The maximum absolute atomic E-state index is 13.3. The van der Waals surface area contributed by atoms with Crippen LogP contribution in [0.4, 0.5) is 0 Å². The van der Waals surface area contributed by atoms with Crippen molar-refractivity contribution in [3.05, 3.63) is 70.0 Å². The molecular formula is C24H27N3O2S. The summed E-state index contributed by atoms with van der Waals surface area (Å²) < 4.78 is 1.69. The summed E-state index contributed by atoms with van der Waals surface area (Å²) >= 11 is 1.35. The summed E-state index contributed by atoms with van der Waals surface area (Å²) in [6.07, 6.45) is 4.45. The van der Waals surface area contributed by atoms with Crippen molar-refractivity contribution in [2.45, 2.75) is 62.5 Å². The van der Waals surface area contributed by atoms with Gasteiger partial charge in [-0.15, -0.1) is 0 Å². The van der Waals surface area contributed by atoms with Gasteiger partial charge >= 0.3 is 0 Å². The summed E-state index contributed by atoms with van der Waals surface area (Å²) in [7, 11) is 0. The van der Waals surface area contributed by atoms with Gasteiger partial charge in [-0.1, -0.05) is 66.6 Å². The SMILES string of the molecule is Cc1ccc(Cn2c(S[C@@H](C)C(=O)NC3CCCC3)nc3ccccc3c2=O)cc1. The van der Waals surface area contributed by atoms with Gasteiger partial charge < -0.3 is 5.32 Å². The Bertz CT molecular complexity index is 1100. The first-order valence-corrected chi connectivity index (χ1v) is 11.4. The summed E-state index contributed by atoms with van der Waals surface area (Å²) in [6, 6.07) is 15.8. The van der Waals surface area contributed by atoms with E-state index >= 15 is 0 Å². The highest BCUT2D eigenvalue weighted by Gasteiger charge is 2.23. The van der Waals surface area contributed by atoms with Crippen LogP contribution >= 0.6 is 11.8 Å². The third kappa shape index (κ3) is 4.59. The standard InChI is InChI=1S/C24H27N3O2S/c1-16-11-13-18(14-12-16)15-27-23(29)20-9-5-6-10-21(20)26-24(27)30-17(2)22(28)25-19-7-3-4-8-19/h5-6,9-14,17,19H,3-4,7-8,15H2,1-2H3,(H,25,28)/t17-/m0/s1. The van der Waals surface area contributed by atoms with Crippen molar-refractivity contribution >= 4 is 28.6 Å². The van der Waals surface area contributed by atoms with Crippen molar-refractivity contribution in [2.24, 2.45) is 0 Å². The number of benzene rings is 2. The van der Waals surface area contributed by atoms with Crippen molar-refractivity contribution < 1.29 is 4.79 Å². The van der Waals surface area contributed by atoms with Gasteiger partial charge in [-0.25, -0.2) is 4.98 Å². The summed E-state index contributed by atoms with van der Waals surface area (Å²) in [6.45, 7) is 4.35. The molecule has 4 rings (SSSR count). The van der Waals surface area contributed by atoms with Crippen molar-refractivity contribution in [2.75, 3.05) is 0 Å². The Kier molecular flexibility index (Phi) is 6.23. The van der Waals surface area contributed by atoms with Gasteiger partial charge in [0.05, 0.1) is 22.7 Å². The van der Waals surface area contributed by atoms with E-state index in [2.05, 4.69) is 5.32 Å². The first kappa shape index (κ1) is 20.7. The maximum atomic E-state index is 13.3. The van der Waals surface area contributed by atoms with E-state index in [1.807, 2.05) is 56.3 Å². The van der Waals surface area contributed by atoms with Crippen LogP contribution in [0.15, 0.2) is 58.5 Å². The largest absolute Gasteiger partial charge is 0.352 e. The lowest BCUT2D eigenvalue weighted by Crippen LogP contribution is -2.38. The number of aromatic nitrogens is 2. The summed E-state index contributed by atoms with van der Waals surface area (Å²) in [5.74, 6) is 0.0104. The number of nitrogens with one attached hydrogen (secondary N) is 1. The zero-order valence-electron chi connectivity index (χ0n) is 17.4. The molecule has 1 aromatic heterocycles. The smallest absolute Gasteiger partial charge is 0.262 e. The number of aryl methyl sites for hydroxylation is 1. The molecule has 0 spiro atoms. The third-order valence-corrected chi connectivity index (χ3v) is 6.73. The first-order chi connectivity index (χ1) is 14.5. The van der Waals surface area contributed by atoms with E-state index in [0.717, 1.165) is 18.4 Å². The molecule has 1 aliphatic carbocycles. The lowest BCUT2D eigenvalue weighted by atomic mass is 10.1. The van der Waals surface area contributed by atoms with Gasteiger partial charge in [0.2, 0.25) is 5.91 Å². The molecule has 1 amide bonds. The van der Waals surface area contributed by atoms with Crippen LogP contribution in [0.5, 0.6) is 0 Å². The topological polar surface area (TPSA) is 64.0 Å². The highest BCUT2D eigenvalue weighted by molar-refractivity contribution is 8.00. The Morgan fingerprint density at radius 1 is 1.17 bits per heavy atom. The molecule has 0 bridgehead atoms. The van der Waals surface area contributed by atoms with Crippen LogP contribution in [0, 0.1) is 6.92 Å². The summed E-state index contributed by atoms with van der Waals surface area (Å²) in [5, 5.41) is 3.99. The van der Waals surface area contributed by atoms with Crippen LogP contribution in [0.1, 0.15) is 43.7 Å². The van der Waals surface area contributed by atoms with Gasteiger partial charge in [-0.05, 0) is 44.4 Å². The minimum Gasteiger partial charge on any atom is -0.352 e. The monoisotopic (exact) mass is 421 g/mol. The molecule has 156 valence electrons. The number of amides is 1. The van der Waals surface area contributed by atoms with Gasteiger partial charge in [0, 0.05) is 6.04 Å². The predicted octanol–water partition coefficient (Wildman–Crippen LogP) is 4.29. The van der Waals surface area contributed by atoms with Crippen LogP contribution < -0.4 is 10.9 Å². The Hall–Kier alpha value is -2.60. The minimum absolute atomic E-state index is 0.0104. The van der Waals surface area contributed by atoms with Crippen molar-refractivity contribution in [3.8, 4) is 0 Å². The molecule has 0 aliphatic heterocycles. The Labute approximate surface area is 180 Å². The third-order valence-electron chi connectivity index (χ3n) is 5.64. The number of fused-ring (bicyclic) bond motifs is 1. The molecule has 1 fully saturated rings. The van der Waals surface area contributed by atoms with E-state index in [0.29, 0.717) is 22.6 Å². The maximum Gasteiger partial charge on any atom is 0.262 e. The van der Waals surface area contributed by atoms with E-state index in [9.17, 15) is 9.59 Å². The summed E-state index contributed by atoms with van der Waals surface area (Å²) in [4.78, 5) is 30.7. The van der Waals surface area contributed by atoms with E-state index < -0.39 is 0 Å². The molecule has 1 atom stereocenters. The molecule has 1 saturated carbocycles. The molecule has 30 heavy (non-hydrogen) atoms. The fourth-order valence-electron chi connectivity index (χ4n) is 3.85. The van der Waals surface area contributed by atoms with Gasteiger partial charge in [-0.3, -0.25) is 14.2 Å². The zero-order valence-corrected chi connectivity index (χ0v) is 18.2. The molecule has 0 unspecified atom stereocenters. The fraction of sp³-hybridized carbons (Fsp3) is 0.375. The highest BCUT2D eigenvalue weighted by atomic mass is 32.2. The van der Waals surface area contributed by atoms with E-state index in [-0.39, 0.29) is 22.8 Å². The molecule has 3 aromatic rings. The molecular weight excluding hydrogens is 394 g/mol. The van der Waals surface area contributed by atoms with Crippen molar-refractivity contribution in [1.29, 1.82) is 0 Å². The molecule has 5 nitrogen and oxygen atoms in total. The zero-order chi connectivity index (χ0) is 21.1. The molecule has 0 radical (unpaired) electrons. The highest BCUT2D eigenvalue weighted by Crippen LogP contribution is 2.25. The second kappa shape index (κ2) is 9.04. The van der Waals surface area contributed by atoms with Gasteiger partial charge in [-0.2, -0.15) is 0 Å². The second-order valence-corrected chi connectivity index (χ2v) is 9.35. The van der Waals surface area contributed by atoms with Crippen molar-refractivity contribution in [3.63, 3.8) is 0 Å². The lowest BCUT2D eigenvalue weighted by Gasteiger charge is -2.18. The van der Waals surface area contributed by atoms with Gasteiger partial charge in [0.25, 0.3) is 5.56 Å². The molecule has 1 aliphatic rings. The number of carbonyl (C=O) groups is 1. The first-order valence-electron chi connectivity index (χ1n) is 10.5. The predicted molar refractivity (Wildman–Crippen MR) is 122 cm³/mol. The second-order valence-electron chi connectivity index (χ2n) is 8.04. The fourth-order valence-corrected chi connectivity index (χ4v) is 4.77. The number of hydrogen-bond acceptors (Lipinski definition) is 4. The Balaban J connectivity index is 1.65. The molecule has 1 heterocycles. The number of nitrogens with zero attached hydrogens (tertiary/aromatic N) is 2. The number of thioether (sulfide) groups is 1. The number of para-hydroxylation sites is 1. The van der Waals surface area contributed by atoms with Gasteiger partial charge in [0.1, 0.15) is 0 Å². The van der Waals surface area contributed by atoms with Crippen molar-refractivity contribution in [1.82, 2.24) is 14.9 Å². The average Bonchev–Trinajstić information content (AvgIpc) is 3.25. The van der Waals surface area contributed by atoms with Crippen LogP contribution in [0.2, 0.25) is 0 Å². The summed E-state index contributed by atoms with van der Waals surface area (Å²) in [5.41, 5.74) is 2.79. The Morgan fingerprint density at radius 3 is 2.60 bits per heavy atom. The molecule has 6 heteroatoms. The number of carbonyl (C=O) groups excluding carboxylic acids is 1. The molecule has 1 N–H and O–H groups in total. The number of hydrogen-bond donors (Lipinski definition) is 1. The van der Waals surface area contributed by atoms with E-state index in [1.165, 1.54) is 30.2 Å². The van der Waals surface area contributed by atoms with Crippen LogP contribution in [-0.4, -0.2) is 26.8 Å². The van der Waals surface area contributed by atoms with Crippen LogP contribution in [-0.2, 0) is 11.3 Å². The van der Waals surface area contributed by atoms with Gasteiger partial charge in [0.15, 0.2) is 5.16 Å². The lowest BCUT2D eigenvalue weighted by molar-refractivity contribution is -0.120. The molecule has 0 saturated heterocycles. The van der Waals surface area contributed by atoms with Crippen LogP contribution in [0.3, 0.4) is 0 Å². The normalized spacial score (nSPS) is 15.4. The Morgan fingerprint density at radius 2 is 1.87 bits per heavy atom. The van der Waals surface area contributed by atoms with E-state index in [1.54, 1.807) is 10.6 Å². The number of rotatable bonds is 6. The molecule has 2 aromatic carbocycles. The van der Waals surface area contributed by atoms with E-state index in [4.69, 9.17) is 4.98 Å². The quantitative estimate of drug-likeness (QED) is 0.476. The minimum atomic E-state index is -0.331.